The number of halogens is 1. The predicted octanol–water partition coefficient (Wildman–Crippen LogP) is 2.82. The Bertz CT molecular complexity index is 492. The summed E-state index contributed by atoms with van der Waals surface area (Å²) in [7, 11) is 0. The van der Waals surface area contributed by atoms with Gasteiger partial charge in [0.25, 0.3) is 0 Å². The van der Waals surface area contributed by atoms with Gasteiger partial charge in [-0.2, -0.15) is 0 Å². The maximum Gasteiger partial charge on any atom is 0.339 e. The van der Waals surface area contributed by atoms with Crippen LogP contribution in [0.15, 0.2) is 18.2 Å². The lowest BCUT2D eigenvalue weighted by atomic mass is 9.95. The highest BCUT2D eigenvalue weighted by molar-refractivity contribution is 5.90. The Hall–Kier alpha value is -1.62. The topological polar surface area (TPSA) is 58.6 Å². The SMILES string of the molecule is CCC1CC(Oc2cc(F)ccc2C(=O)O)CC(C)N1. The third-order valence-corrected chi connectivity index (χ3v) is 3.64. The molecule has 0 radical (unpaired) electrons. The number of nitrogens with one attached hydrogen (secondary N) is 1. The molecule has 0 spiro atoms. The third kappa shape index (κ3) is 3.48. The summed E-state index contributed by atoms with van der Waals surface area (Å²) in [6.07, 6.45) is 2.48. The van der Waals surface area contributed by atoms with E-state index < -0.39 is 11.8 Å². The van der Waals surface area contributed by atoms with Gasteiger partial charge in [-0.15, -0.1) is 0 Å². The smallest absolute Gasteiger partial charge is 0.339 e. The van der Waals surface area contributed by atoms with E-state index in [1.807, 2.05) is 0 Å². The van der Waals surface area contributed by atoms with Crippen molar-refractivity contribution in [2.45, 2.75) is 51.3 Å². The molecule has 1 aromatic carbocycles. The average Bonchev–Trinajstić information content (AvgIpc) is 2.37. The molecule has 1 aliphatic heterocycles. The van der Waals surface area contributed by atoms with Crippen molar-refractivity contribution >= 4 is 5.97 Å². The second-order valence-electron chi connectivity index (χ2n) is 5.33. The number of rotatable bonds is 4. The van der Waals surface area contributed by atoms with Gasteiger partial charge in [0.2, 0.25) is 0 Å². The van der Waals surface area contributed by atoms with Gasteiger partial charge in [-0.3, -0.25) is 0 Å². The lowest BCUT2D eigenvalue weighted by Crippen LogP contribution is -2.47. The number of piperidine rings is 1. The molecule has 2 rings (SSSR count). The molecule has 5 heteroatoms. The Kier molecular flexibility index (Phi) is 4.60. The fourth-order valence-corrected chi connectivity index (χ4v) is 2.68. The Morgan fingerprint density at radius 1 is 1.50 bits per heavy atom. The molecule has 1 saturated heterocycles. The van der Waals surface area contributed by atoms with Gasteiger partial charge < -0.3 is 15.2 Å². The number of hydrogen-bond donors (Lipinski definition) is 2. The van der Waals surface area contributed by atoms with Crippen molar-refractivity contribution in [2.24, 2.45) is 0 Å². The van der Waals surface area contributed by atoms with Crippen LogP contribution in [-0.2, 0) is 0 Å². The van der Waals surface area contributed by atoms with E-state index in [-0.39, 0.29) is 17.4 Å². The Balaban J connectivity index is 2.16. The van der Waals surface area contributed by atoms with Crippen LogP contribution in [0.2, 0.25) is 0 Å². The molecule has 20 heavy (non-hydrogen) atoms. The highest BCUT2D eigenvalue weighted by atomic mass is 19.1. The van der Waals surface area contributed by atoms with Crippen molar-refractivity contribution < 1.29 is 19.0 Å². The zero-order valence-electron chi connectivity index (χ0n) is 11.7. The van der Waals surface area contributed by atoms with Crippen molar-refractivity contribution in [3.05, 3.63) is 29.6 Å². The summed E-state index contributed by atoms with van der Waals surface area (Å²) < 4.78 is 19.1. The molecule has 4 nitrogen and oxygen atoms in total. The summed E-state index contributed by atoms with van der Waals surface area (Å²) in [6.45, 7) is 4.17. The molecule has 3 atom stereocenters. The minimum atomic E-state index is -1.10. The molecule has 0 amide bonds. The molecule has 3 unspecified atom stereocenters. The van der Waals surface area contributed by atoms with E-state index in [0.29, 0.717) is 12.1 Å². The first-order valence-electron chi connectivity index (χ1n) is 6.95. The predicted molar refractivity (Wildman–Crippen MR) is 73.7 cm³/mol. The van der Waals surface area contributed by atoms with Gasteiger partial charge in [0, 0.05) is 18.2 Å². The Labute approximate surface area is 117 Å². The fraction of sp³-hybridized carbons (Fsp3) is 0.533. The molecule has 0 aromatic heterocycles. The molecule has 110 valence electrons. The van der Waals surface area contributed by atoms with Crippen LogP contribution in [0.4, 0.5) is 4.39 Å². The van der Waals surface area contributed by atoms with Crippen molar-refractivity contribution in [1.82, 2.24) is 5.32 Å². The molecule has 0 saturated carbocycles. The van der Waals surface area contributed by atoms with E-state index in [2.05, 4.69) is 19.2 Å². The first-order valence-corrected chi connectivity index (χ1v) is 6.95. The number of ether oxygens (including phenoxy) is 1. The van der Waals surface area contributed by atoms with E-state index in [4.69, 9.17) is 9.84 Å². The Morgan fingerprint density at radius 2 is 2.25 bits per heavy atom. The van der Waals surface area contributed by atoms with E-state index in [1.165, 1.54) is 6.07 Å². The standard InChI is InChI=1S/C15H20FNO3/c1-3-11-8-12(6-9(2)17-11)20-14-7-10(16)4-5-13(14)15(18)19/h4-5,7,9,11-12,17H,3,6,8H2,1-2H3,(H,18,19). The second-order valence-corrected chi connectivity index (χ2v) is 5.33. The summed E-state index contributed by atoms with van der Waals surface area (Å²) in [5.74, 6) is -1.47. The zero-order valence-corrected chi connectivity index (χ0v) is 11.7. The summed E-state index contributed by atoms with van der Waals surface area (Å²) in [4.78, 5) is 11.1. The molecular weight excluding hydrogens is 261 g/mol. The molecule has 2 N–H and O–H groups in total. The third-order valence-electron chi connectivity index (χ3n) is 3.64. The van der Waals surface area contributed by atoms with Crippen LogP contribution in [0.3, 0.4) is 0 Å². The van der Waals surface area contributed by atoms with Gasteiger partial charge in [-0.05, 0) is 38.3 Å². The van der Waals surface area contributed by atoms with Gasteiger partial charge in [-0.1, -0.05) is 6.92 Å². The first-order chi connectivity index (χ1) is 9.49. The molecule has 1 fully saturated rings. The lowest BCUT2D eigenvalue weighted by molar-refractivity contribution is 0.0681. The number of carbonyl (C=O) groups is 1. The first kappa shape index (κ1) is 14.8. The maximum absolute atomic E-state index is 13.3. The van der Waals surface area contributed by atoms with Crippen LogP contribution in [-0.4, -0.2) is 29.3 Å². The molecule has 1 aliphatic rings. The van der Waals surface area contributed by atoms with Crippen LogP contribution in [0.1, 0.15) is 43.5 Å². The second kappa shape index (κ2) is 6.22. The monoisotopic (exact) mass is 281 g/mol. The molecular formula is C15H20FNO3. The van der Waals surface area contributed by atoms with Crippen molar-refractivity contribution in [2.75, 3.05) is 0 Å². The maximum atomic E-state index is 13.3. The molecule has 1 aromatic rings. The van der Waals surface area contributed by atoms with Crippen LogP contribution in [0.25, 0.3) is 0 Å². The summed E-state index contributed by atoms with van der Waals surface area (Å²) in [5.41, 5.74) is 0.00522. The van der Waals surface area contributed by atoms with Crippen molar-refractivity contribution in [3.8, 4) is 5.75 Å². The number of hydrogen-bond acceptors (Lipinski definition) is 3. The molecule has 0 aliphatic carbocycles. The summed E-state index contributed by atoms with van der Waals surface area (Å²) in [6, 6.07) is 4.19. The largest absolute Gasteiger partial charge is 0.489 e. The Morgan fingerprint density at radius 3 is 2.90 bits per heavy atom. The van der Waals surface area contributed by atoms with Crippen LogP contribution >= 0.6 is 0 Å². The van der Waals surface area contributed by atoms with Crippen LogP contribution < -0.4 is 10.1 Å². The summed E-state index contributed by atoms with van der Waals surface area (Å²) >= 11 is 0. The van der Waals surface area contributed by atoms with Crippen LogP contribution in [0.5, 0.6) is 5.75 Å². The number of carboxylic acid groups (broad SMARTS) is 1. The minimum Gasteiger partial charge on any atom is -0.489 e. The zero-order chi connectivity index (χ0) is 14.7. The van der Waals surface area contributed by atoms with E-state index in [0.717, 1.165) is 31.4 Å². The highest BCUT2D eigenvalue weighted by Crippen LogP contribution is 2.26. The normalized spacial score (nSPS) is 26.2. The lowest BCUT2D eigenvalue weighted by Gasteiger charge is -2.34. The highest BCUT2D eigenvalue weighted by Gasteiger charge is 2.27. The minimum absolute atomic E-state index is 0.00522. The van der Waals surface area contributed by atoms with E-state index >= 15 is 0 Å². The van der Waals surface area contributed by atoms with Crippen molar-refractivity contribution in [3.63, 3.8) is 0 Å². The van der Waals surface area contributed by atoms with Crippen molar-refractivity contribution in [1.29, 1.82) is 0 Å². The number of aromatic carboxylic acids is 1. The number of benzene rings is 1. The molecule has 1 heterocycles. The van der Waals surface area contributed by atoms with Gasteiger partial charge in [-0.25, -0.2) is 9.18 Å². The molecule has 0 bridgehead atoms. The van der Waals surface area contributed by atoms with E-state index in [9.17, 15) is 9.18 Å². The number of carboxylic acids is 1. The summed E-state index contributed by atoms with van der Waals surface area (Å²) in [5, 5.41) is 12.6. The fourth-order valence-electron chi connectivity index (χ4n) is 2.68. The van der Waals surface area contributed by atoms with Gasteiger partial charge >= 0.3 is 5.97 Å². The van der Waals surface area contributed by atoms with Gasteiger partial charge in [0.05, 0.1) is 0 Å². The van der Waals surface area contributed by atoms with Gasteiger partial charge in [0.1, 0.15) is 23.2 Å². The van der Waals surface area contributed by atoms with Crippen LogP contribution in [0, 0.1) is 5.82 Å². The van der Waals surface area contributed by atoms with E-state index in [1.54, 1.807) is 0 Å². The quantitative estimate of drug-likeness (QED) is 0.891. The van der Waals surface area contributed by atoms with Gasteiger partial charge in [0.15, 0.2) is 0 Å². The average molecular weight is 281 g/mol.